The molecule has 1 heterocycles. The number of hydrogen-bond donors (Lipinski definition) is 0. The SMILES string of the molecule is Cc1ccc(C(C)n2c(CCCl)nc3ccccc32)cc1. The number of hydrogen-bond acceptors (Lipinski definition) is 1. The zero-order valence-corrected chi connectivity index (χ0v) is 13.1. The van der Waals surface area contributed by atoms with Gasteiger partial charge in [-0.25, -0.2) is 4.98 Å². The number of rotatable bonds is 4. The van der Waals surface area contributed by atoms with E-state index in [-0.39, 0.29) is 6.04 Å². The lowest BCUT2D eigenvalue weighted by Crippen LogP contribution is -2.11. The van der Waals surface area contributed by atoms with Gasteiger partial charge in [-0.05, 0) is 31.5 Å². The molecule has 21 heavy (non-hydrogen) atoms. The zero-order valence-electron chi connectivity index (χ0n) is 12.4. The fraction of sp³-hybridized carbons (Fsp3) is 0.278. The van der Waals surface area contributed by atoms with Gasteiger partial charge in [0.15, 0.2) is 0 Å². The van der Waals surface area contributed by atoms with Gasteiger partial charge in [-0.2, -0.15) is 0 Å². The number of alkyl halides is 1. The molecule has 0 aliphatic rings. The van der Waals surface area contributed by atoms with Gasteiger partial charge in [0, 0.05) is 12.3 Å². The molecule has 0 aliphatic heterocycles. The average Bonchev–Trinajstić information content (AvgIpc) is 2.85. The largest absolute Gasteiger partial charge is 0.321 e. The summed E-state index contributed by atoms with van der Waals surface area (Å²) >= 11 is 5.95. The third kappa shape index (κ3) is 2.68. The third-order valence-corrected chi connectivity index (χ3v) is 4.12. The van der Waals surface area contributed by atoms with Crippen LogP contribution in [0.15, 0.2) is 48.5 Å². The summed E-state index contributed by atoms with van der Waals surface area (Å²) in [5, 5.41) is 0. The van der Waals surface area contributed by atoms with Gasteiger partial charge in [-0.1, -0.05) is 42.0 Å². The Bertz CT molecular complexity index is 744. The highest BCUT2D eigenvalue weighted by molar-refractivity contribution is 6.17. The van der Waals surface area contributed by atoms with Crippen molar-refractivity contribution in [2.75, 3.05) is 5.88 Å². The van der Waals surface area contributed by atoms with Crippen LogP contribution in [0, 0.1) is 6.92 Å². The molecule has 1 unspecified atom stereocenters. The van der Waals surface area contributed by atoms with Crippen molar-refractivity contribution in [3.05, 3.63) is 65.5 Å². The molecule has 0 amide bonds. The molecular formula is C18H19ClN2. The first-order valence-corrected chi connectivity index (χ1v) is 7.82. The van der Waals surface area contributed by atoms with Crippen LogP contribution in [0.4, 0.5) is 0 Å². The fourth-order valence-corrected chi connectivity index (χ4v) is 2.95. The van der Waals surface area contributed by atoms with E-state index in [0.717, 1.165) is 17.8 Å². The van der Waals surface area contributed by atoms with E-state index in [4.69, 9.17) is 16.6 Å². The lowest BCUT2D eigenvalue weighted by Gasteiger charge is -2.18. The minimum Gasteiger partial charge on any atom is -0.321 e. The average molecular weight is 299 g/mol. The number of aromatic nitrogens is 2. The maximum absolute atomic E-state index is 5.95. The molecule has 2 nitrogen and oxygen atoms in total. The Morgan fingerprint density at radius 3 is 2.52 bits per heavy atom. The Morgan fingerprint density at radius 1 is 1.10 bits per heavy atom. The topological polar surface area (TPSA) is 17.8 Å². The molecule has 0 bridgehead atoms. The second-order valence-corrected chi connectivity index (χ2v) is 5.79. The Morgan fingerprint density at radius 2 is 1.81 bits per heavy atom. The molecule has 3 heteroatoms. The standard InChI is InChI=1S/C18H19ClN2/c1-13-7-9-15(10-8-13)14(2)21-17-6-4-3-5-16(17)20-18(21)11-12-19/h3-10,14H,11-12H2,1-2H3. The summed E-state index contributed by atoms with van der Waals surface area (Å²) < 4.78 is 2.31. The Labute approximate surface area is 130 Å². The molecular weight excluding hydrogens is 280 g/mol. The summed E-state index contributed by atoms with van der Waals surface area (Å²) in [4.78, 5) is 4.75. The molecule has 0 saturated carbocycles. The van der Waals surface area contributed by atoms with Crippen LogP contribution >= 0.6 is 11.6 Å². The van der Waals surface area contributed by atoms with Crippen molar-refractivity contribution in [2.24, 2.45) is 0 Å². The second-order valence-electron chi connectivity index (χ2n) is 5.41. The maximum Gasteiger partial charge on any atom is 0.111 e. The Balaban J connectivity index is 2.13. The summed E-state index contributed by atoms with van der Waals surface area (Å²) in [7, 11) is 0. The van der Waals surface area contributed by atoms with Gasteiger partial charge in [0.25, 0.3) is 0 Å². The van der Waals surface area contributed by atoms with Crippen LogP contribution in [-0.4, -0.2) is 15.4 Å². The van der Waals surface area contributed by atoms with Gasteiger partial charge < -0.3 is 4.57 Å². The Kier molecular flexibility index (Phi) is 3.98. The predicted octanol–water partition coefficient (Wildman–Crippen LogP) is 4.74. The summed E-state index contributed by atoms with van der Waals surface area (Å²) in [6.07, 6.45) is 0.784. The normalized spacial score (nSPS) is 12.7. The highest BCUT2D eigenvalue weighted by atomic mass is 35.5. The van der Waals surface area contributed by atoms with Crippen LogP contribution < -0.4 is 0 Å². The van der Waals surface area contributed by atoms with Crippen molar-refractivity contribution in [2.45, 2.75) is 26.3 Å². The quantitative estimate of drug-likeness (QED) is 0.636. The van der Waals surface area contributed by atoms with Crippen LogP contribution in [0.25, 0.3) is 11.0 Å². The predicted molar refractivity (Wildman–Crippen MR) is 89.1 cm³/mol. The second kappa shape index (κ2) is 5.90. The van der Waals surface area contributed by atoms with Gasteiger partial charge in [0.1, 0.15) is 5.82 Å². The summed E-state index contributed by atoms with van der Waals surface area (Å²) in [6, 6.07) is 17.2. The molecule has 108 valence electrons. The minimum atomic E-state index is 0.246. The van der Waals surface area contributed by atoms with E-state index in [1.807, 2.05) is 6.07 Å². The first-order chi connectivity index (χ1) is 10.2. The molecule has 1 aromatic heterocycles. The number of benzene rings is 2. The van der Waals surface area contributed by atoms with Gasteiger partial charge in [-0.3, -0.25) is 0 Å². The van der Waals surface area contributed by atoms with Crippen LogP contribution in [0.2, 0.25) is 0 Å². The van der Waals surface area contributed by atoms with Crippen molar-refractivity contribution in [3.63, 3.8) is 0 Å². The molecule has 2 aromatic carbocycles. The fourth-order valence-electron chi connectivity index (χ4n) is 2.78. The van der Waals surface area contributed by atoms with E-state index in [0.29, 0.717) is 5.88 Å². The van der Waals surface area contributed by atoms with Crippen molar-refractivity contribution < 1.29 is 0 Å². The third-order valence-electron chi connectivity index (χ3n) is 3.93. The molecule has 1 atom stereocenters. The molecule has 3 rings (SSSR count). The molecule has 0 radical (unpaired) electrons. The van der Waals surface area contributed by atoms with Crippen molar-refractivity contribution in [1.82, 2.24) is 9.55 Å². The van der Waals surface area contributed by atoms with Crippen LogP contribution in [0.5, 0.6) is 0 Å². The monoisotopic (exact) mass is 298 g/mol. The lowest BCUT2D eigenvalue weighted by molar-refractivity contribution is 0.623. The van der Waals surface area contributed by atoms with Crippen molar-refractivity contribution in [1.29, 1.82) is 0 Å². The van der Waals surface area contributed by atoms with E-state index in [1.54, 1.807) is 0 Å². The molecule has 0 spiro atoms. The highest BCUT2D eigenvalue weighted by Crippen LogP contribution is 2.26. The minimum absolute atomic E-state index is 0.246. The van der Waals surface area contributed by atoms with E-state index < -0.39 is 0 Å². The van der Waals surface area contributed by atoms with Gasteiger partial charge >= 0.3 is 0 Å². The van der Waals surface area contributed by atoms with E-state index in [2.05, 4.69) is 60.9 Å². The molecule has 0 aliphatic carbocycles. The number of para-hydroxylation sites is 2. The number of imidazole rings is 1. The van der Waals surface area contributed by atoms with Crippen LogP contribution in [0.1, 0.15) is 29.9 Å². The highest BCUT2D eigenvalue weighted by Gasteiger charge is 2.16. The van der Waals surface area contributed by atoms with Gasteiger partial charge in [0.2, 0.25) is 0 Å². The molecule has 3 aromatic rings. The molecule has 0 N–H and O–H groups in total. The molecule has 0 saturated heterocycles. The van der Waals surface area contributed by atoms with Gasteiger partial charge in [0.05, 0.1) is 17.1 Å². The van der Waals surface area contributed by atoms with Crippen LogP contribution in [0.3, 0.4) is 0 Å². The first kappa shape index (κ1) is 14.2. The summed E-state index contributed by atoms with van der Waals surface area (Å²) in [6.45, 7) is 4.33. The van der Waals surface area contributed by atoms with Gasteiger partial charge in [-0.15, -0.1) is 11.6 Å². The first-order valence-electron chi connectivity index (χ1n) is 7.29. The number of halogens is 1. The summed E-state index contributed by atoms with van der Waals surface area (Å²) in [5.41, 5.74) is 4.78. The smallest absolute Gasteiger partial charge is 0.111 e. The maximum atomic E-state index is 5.95. The van der Waals surface area contributed by atoms with E-state index >= 15 is 0 Å². The van der Waals surface area contributed by atoms with Crippen molar-refractivity contribution >= 4 is 22.6 Å². The molecule has 0 fully saturated rings. The summed E-state index contributed by atoms with van der Waals surface area (Å²) in [5.74, 6) is 1.64. The number of nitrogens with zero attached hydrogens (tertiary/aromatic N) is 2. The van der Waals surface area contributed by atoms with Crippen LogP contribution in [-0.2, 0) is 6.42 Å². The van der Waals surface area contributed by atoms with Crippen molar-refractivity contribution in [3.8, 4) is 0 Å². The van der Waals surface area contributed by atoms with E-state index in [9.17, 15) is 0 Å². The Hall–Kier alpha value is -1.80. The van der Waals surface area contributed by atoms with E-state index in [1.165, 1.54) is 16.6 Å². The number of aryl methyl sites for hydroxylation is 2. The number of fused-ring (bicyclic) bond motifs is 1. The zero-order chi connectivity index (χ0) is 14.8. The lowest BCUT2D eigenvalue weighted by atomic mass is 10.1.